The van der Waals surface area contributed by atoms with Crippen LogP contribution in [0, 0.1) is 17.8 Å². The van der Waals surface area contributed by atoms with E-state index in [1.807, 2.05) is 0 Å². The number of phenolic OH excluding ortho intramolecular Hbond substituents is 1. The lowest BCUT2D eigenvalue weighted by Gasteiger charge is -2.45. The monoisotopic (exact) mass is 418 g/mol. The van der Waals surface area contributed by atoms with Crippen molar-refractivity contribution in [1.29, 1.82) is 0 Å². The molecule has 1 heterocycles. The van der Waals surface area contributed by atoms with Gasteiger partial charge in [-0.25, -0.2) is 4.79 Å². The summed E-state index contributed by atoms with van der Waals surface area (Å²) in [5, 5.41) is 22.4. The number of nitrogens with zero attached hydrogens (tertiary/aromatic N) is 1. The van der Waals surface area contributed by atoms with Gasteiger partial charge in [0.1, 0.15) is 0 Å². The Balaban J connectivity index is 1.65. The zero-order valence-electron chi connectivity index (χ0n) is 18.0. The van der Waals surface area contributed by atoms with Gasteiger partial charge in [0.15, 0.2) is 11.5 Å². The van der Waals surface area contributed by atoms with Crippen molar-refractivity contribution in [1.82, 2.24) is 10.2 Å². The van der Waals surface area contributed by atoms with E-state index in [1.54, 1.807) is 23.1 Å². The lowest BCUT2D eigenvalue weighted by Crippen LogP contribution is -2.53. The Morgan fingerprint density at radius 2 is 2.00 bits per heavy atom. The van der Waals surface area contributed by atoms with Crippen LogP contribution in [0.15, 0.2) is 18.2 Å². The van der Waals surface area contributed by atoms with Crippen LogP contribution in [-0.2, 0) is 11.3 Å². The molecule has 2 amide bonds. The minimum atomic E-state index is -0.865. The van der Waals surface area contributed by atoms with Crippen LogP contribution in [0.25, 0.3) is 0 Å². The second-order valence-electron chi connectivity index (χ2n) is 8.61. The van der Waals surface area contributed by atoms with Crippen molar-refractivity contribution in [2.75, 3.05) is 13.7 Å². The normalized spacial score (nSPS) is 26.8. The summed E-state index contributed by atoms with van der Waals surface area (Å²) in [5.74, 6) is 1.12. The van der Waals surface area contributed by atoms with Crippen molar-refractivity contribution in [3.63, 3.8) is 0 Å². The van der Waals surface area contributed by atoms with Gasteiger partial charge in [0, 0.05) is 25.0 Å². The first-order chi connectivity index (χ1) is 14.4. The number of carbonyl (C=O) groups excluding carboxylic acids is 1. The fourth-order valence-electron chi connectivity index (χ4n) is 5.29. The predicted octanol–water partition coefficient (Wildman–Crippen LogP) is 3.99. The summed E-state index contributed by atoms with van der Waals surface area (Å²) in [6, 6.07) is 4.93. The summed E-state index contributed by atoms with van der Waals surface area (Å²) in [5.41, 5.74) is 0.843. The summed E-state index contributed by atoms with van der Waals surface area (Å²) < 4.78 is 5.12. The second-order valence-corrected chi connectivity index (χ2v) is 8.61. The van der Waals surface area contributed by atoms with E-state index in [4.69, 9.17) is 4.74 Å². The first-order valence-electron chi connectivity index (χ1n) is 11.1. The third-order valence-corrected chi connectivity index (χ3v) is 6.96. The largest absolute Gasteiger partial charge is 0.504 e. The van der Waals surface area contributed by atoms with E-state index < -0.39 is 6.09 Å². The number of phenols is 1. The Kier molecular flexibility index (Phi) is 7.45. The zero-order chi connectivity index (χ0) is 21.7. The van der Waals surface area contributed by atoms with E-state index in [0.29, 0.717) is 43.5 Å². The van der Waals surface area contributed by atoms with E-state index in [2.05, 4.69) is 12.2 Å². The summed E-state index contributed by atoms with van der Waals surface area (Å²) >= 11 is 0. The molecule has 3 rings (SSSR count). The highest BCUT2D eigenvalue weighted by atomic mass is 16.5. The van der Waals surface area contributed by atoms with E-state index in [0.717, 1.165) is 31.2 Å². The van der Waals surface area contributed by atoms with Crippen molar-refractivity contribution >= 4 is 12.0 Å². The topological polar surface area (TPSA) is 99.1 Å². The predicted molar refractivity (Wildman–Crippen MR) is 113 cm³/mol. The van der Waals surface area contributed by atoms with Crippen LogP contribution in [0.3, 0.4) is 0 Å². The van der Waals surface area contributed by atoms with Crippen LogP contribution < -0.4 is 10.1 Å². The molecule has 4 atom stereocenters. The third-order valence-electron chi connectivity index (χ3n) is 6.96. The molecule has 166 valence electrons. The Bertz CT molecular complexity index is 753. The van der Waals surface area contributed by atoms with Gasteiger partial charge in [-0.1, -0.05) is 38.7 Å². The Labute approximate surface area is 178 Å². The van der Waals surface area contributed by atoms with Gasteiger partial charge in [0.25, 0.3) is 0 Å². The molecule has 2 fully saturated rings. The number of ether oxygens (including phenoxy) is 1. The lowest BCUT2D eigenvalue weighted by molar-refractivity contribution is -0.127. The molecule has 1 saturated carbocycles. The molecule has 30 heavy (non-hydrogen) atoms. The number of piperidine rings is 1. The summed E-state index contributed by atoms with van der Waals surface area (Å²) in [7, 11) is 1.49. The fourth-order valence-corrected chi connectivity index (χ4v) is 5.29. The van der Waals surface area contributed by atoms with Gasteiger partial charge < -0.3 is 25.2 Å². The molecule has 0 radical (unpaired) electrons. The number of amides is 2. The van der Waals surface area contributed by atoms with Gasteiger partial charge in [0.05, 0.1) is 7.11 Å². The molecule has 1 aromatic carbocycles. The van der Waals surface area contributed by atoms with E-state index in [-0.39, 0.29) is 23.6 Å². The second kappa shape index (κ2) is 10.0. The maximum absolute atomic E-state index is 12.9. The van der Waals surface area contributed by atoms with Crippen molar-refractivity contribution < 1.29 is 24.5 Å². The number of aromatic hydroxyl groups is 1. The molecule has 1 aromatic rings. The highest BCUT2D eigenvalue weighted by molar-refractivity contribution is 5.79. The molecule has 4 unspecified atom stereocenters. The van der Waals surface area contributed by atoms with Crippen molar-refractivity contribution in [2.24, 2.45) is 17.8 Å². The lowest BCUT2D eigenvalue weighted by atomic mass is 9.70. The van der Waals surface area contributed by atoms with Crippen LogP contribution in [0.2, 0.25) is 0 Å². The van der Waals surface area contributed by atoms with E-state index in [1.165, 1.54) is 13.5 Å². The molecule has 0 bridgehead atoms. The molecular weight excluding hydrogens is 384 g/mol. The summed E-state index contributed by atoms with van der Waals surface area (Å²) in [6.45, 7) is 2.95. The standard InChI is InChI=1S/C23H34N2O5/c1-3-16-6-4-5-7-18(16)19-13-17(10-11-25(19)23(28)29)22(27)24-14-15-8-9-20(26)21(12-15)30-2/h8-9,12,16-19,26H,3-7,10-11,13-14H2,1-2H3,(H,24,27)(H,28,29). The average molecular weight is 419 g/mol. The van der Waals surface area contributed by atoms with Crippen molar-refractivity contribution in [2.45, 2.75) is 64.5 Å². The van der Waals surface area contributed by atoms with Gasteiger partial charge in [-0.15, -0.1) is 0 Å². The first-order valence-corrected chi connectivity index (χ1v) is 11.1. The zero-order valence-corrected chi connectivity index (χ0v) is 18.0. The number of carbonyl (C=O) groups is 2. The van der Waals surface area contributed by atoms with E-state index >= 15 is 0 Å². The molecule has 7 nitrogen and oxygen atoms in total. The average Bonchev–Trinajstić information content (AvgIpc) is 2.77. The highest BCUT2D eigenvalue weighted by Gasteiger charge is 2.41. The van der Waals surface area contributed by atoms with Crippen molar-refractivity contribution in [3.8, 4) is 11.5 Å². The minimum absolute atomic E-state index is 0.0269. The van der Waals surface area contributed by atoms with Crippen LogP contribution in [0.5, 0.6) is 11.5 Å². The molecule has 7 heteroatoms. The molecule has 1 aliphatic carbocycles. The Morgan fingerprint density at radius 1 is 1.23 bits per heavy atom. The number of likely N-dealkylation sites (tertiary alicyclic amines) is 1. The summed E-state index contributed by atoms with van der Waals surface area (Å²) in [4.78, 5) is 26.4. The Morgan fingerprint density at radius 3 is 2.70 bits per heavy atom. The number of rotatable bonds is 6. The van der Waals surface area contributed by atoms with Gasteiger partial charge >= 0.3 is 6.09 Å². The maximum Gasteiger partial charge on any atom is 0.407 e. The fraction of sp³-hybridized carbons (Fsp3) is 0.652. The van der Waals surface area contributed by atoms with Crippen LogP contribution in [-0.4, -0.2) is 46.8 Å². The first kappa shape index (κ1) is 22.2. The van der Waals surface area contributed by atoms with Gasteiger partial charge in [-0.2, -0.15) is 0 Å². The van der Waals surface area contributed by atoms with E-state index in [9.17, 15) is 19.8 Å². The van der Waals surface area contributed by atoms with Gasteiger partial charge in [-0.3, -0.25) is 4.79 Å². The SMILES string of the molecule is CCC1CCCCC1C1CC(C(=O)NCc2ccc(O)c(OC)c2)CCN1C(=O)O. The molecule has 1 saturated heterocycles. The third kappa shape index (κ3) is 4.99. The smallest absolute Gasteiger partial charge is 0.407 e. The number of benzene rings is 1. The Hall–Kier alpha value is -2.44. The van der Waals surface area contributed by atoms with Gasteiger partial charge in [0.2, 0.25) is 5.91 Å². The highest BCUT2D eigenvalue weighted by Crippen LogP contribution is 2.40. The number of carboxylic acid groups (broad SMARTS) is 1. The quantitative estimate of drug-likeness (QED) is 0.649. The number of nitrogens with one attached hydrogen (secondary N) is 1. The molecule has 0 aromatic heterocycles. The minimum Gasteiger partial charge on any atom is -0.504 e. The number of hydrogen-bond acceptors (Lipinski definition) is 4. The van der Waals surface area contributed by atoms with Crippen molar-refractivity contribution in [3.05, 3.63) is 23.8 Å². The molecule has 2 aliphatic rings. The molecular formula is C23H34N2O5. The van der Waals surface area contributed by atoms with Crippen LogP contribution in [0.4, 0.5) is 4.79 Å². The number of methoxy groups -OCH3 is 1. The maximum atomic E-state index is 12.9. The van der Waals surface area contributed by atoms with Crippen LogP contribution in [0.1, 0.15) is 57.4 Å². The molecule has 3 N–H and O–H groups in total. The molecule has 0 spiro atoms. The summed E-state index contributed by atoms with van der Waals surface area (Å²) in [6.07, 6.45) is 5.91. The van der Waals surface area contributed by atoms with Crippen LogP contribution >= 0.6 is 0 Å². The number of hydrogen-bond donors (Lipinski definition) is 3. The molecule has 1 aliphatic heterocycles. The van der Waals surface area contributed by atoms with Gasteiger partial charge in [-0.05, 0) is 48.8 Å².